The third kappa shape index (κ3) is 2.82. The molecule has 0 nitrogen and oxygen atoms in total. The maximum atomic E-state index is 2.32. The molecule has 0 heterocycles. The molecule has 1 aromatic rings. The molecular weight excluding hydrogens is 180 g/mol. The highest BCUT2D eigenvalue weighted by Crippen LogP contribution is 2.32. The fourth-order valence-corrected chi connectivity index (χ4v) is 1.85. The zero-order valence-corrected chi connectivity index (χ0v) is 9.53. The van der Waals surface area contributed by atoms with Crippen LogP contribution in [0, 0.1) is 5.41 Å². The van der Waals surface area contributed by atoms with Gasteiger partial charge in [-0.3, -0.25) is 0 Å². The van der Waals surface area contributed by atoms with E-state index in [9.17, 15) is 0 Å². The molecule has 0 spiro atoms. The van der Waals surface area contributed by atoms with E-state index in [1.807, 2.05) is 0 Å². The Balaban J connectivity index is 2.17. The molecule has 0 aromatic heterocycles. The topological polar surface area (TPSA) is 0 Å². The van der Waals surface area contributed by atoms with Crippen LogP contribution < -0.4 is 0 Å². The Morgan fingerprint density at radius 3 is 2.47 bits per heavy atom. The summed E-state index contributed by atoms with van der Waals surface area (Å²) in [4.78, 5) is 0. The van der Waals surface area contributed by atoms with Gasteiger partial charge in [-0.2, -0.15) is 0 Å². The summed E-state index contributed by atoms with van der Waals surface area (Å²) in [5.41, 5.74) is 3.13. The molecule has 0 atom stereocenters. The van der Waals surface area contributed by atoms with E-state index < -0.39 is 0 Å². The Kier molecular flexibility index (Phi) is 2.77. The monoisotopic (exact) mass is 198 g/mol. The van der Waals surface area contributed by atoms with Crippen LogP contribution in [-0.2, 0) is 0 Å². The molecule has 0 saturated heterocycles. The smallest absolute Gasteiger partial charge is 0.0168 e. The number of rotatable bonds is 1. The normalized spacial score (nSPS) is 21.9. The van der Waals surface area contributed by atoms with Crippen molar-refractivity contribution >= 4 is 6.08 Å². The predicted octanol–water partition coefficient (Wildman–Crippen LogP) is 4.45. The van der Waals surface area contributed by atoms with Crippen molar-refractivity contribution in [2.75, 3.05) is 0 Å². The van der Waals surface area contributed by atoms with Crippen LogP contribution in [0.25, 0.3) is 6.08 Å². The summed E-state index contributed by atoms with van der Waals surface area (Å²) in [5, 5.41) is 0. The van der Waals surface area contributed by atoms with Gasteiger partial charge in [-0.15, -0.1) is 0 Å². The van der Waals surface area contributed by atoms with E-state index in [4.69, 9.17) is 0 Å². The first kappa shape index (κ1) is 10.2. The van der Waals surface area contributed by atoms with E-state index in [1.165, 1.54) is 24.0 Å². The van der Waals surface area contributed by atoms with Gasteiger partial charge in [0, 0.05) is 0 Å². The largest absolute Gasteiger partial charge is 0.0786 e. The van der Waals surface area contributed by atoms with Gasteiger partial charge in [-0.1, -0.05) is 62.4 Å². The van der Waals surface area contributed by atoms with Crippen LogP contribution in [0.4, 0.5) is 0 Å². The van der Waals surface area contributed by atoms with Gasteiger partial charge in [0.05, 0.1) is 0 Å². The van der Waals surface area contributed by atoms with Crippen LogP contribution in [0.5, 0.6) is 0 Å². The molecule has 0 bridgehead atoms. The molecule has 2 rings (SSSR count). The van der Waals surface area contributed by atoms with Gasteiger partial charge in [-0.05, 0) is 29.4 Å². The standard InChI is InChI=1S/C15H18/c1-15(2)10-8-14(9-11-15)12-13-6-4-3-5-7-13/h3-8,10,12H,9,11H2,1-2H3/b14-12-. The average molecular weight is 198 g/mol. The molecule has 1 aliphatic carbocycles. The van der Waals surface area contributed by atoms with E-state index in [2.05, 4.69) is 62.4 Å². The van der Waals surface area contributed by atoms with Crippen molar-refractivity contribution in [3.05, 3.63) is 53.6 Å². The van der Waals surface area contributed by atoms with Crippen LogP contribution in [0.1, 0.15) is 32.3 Å². The Bertz CT molecular complexity index is 380. The lowest BCUT2D eigenvalue weighted by atomic mass is 9.81. The minimum atomic E-state index is 0.383. The van der Waals surface area contributed by atoms with Crippen molar-refractivity contribution in [1.29, 1.82) is 0 Å². The van der Waals surface area contributed by atoms with Crippen LogP contribution in [0.3, 0.4) is 0 Å². The summed E-state index contributed by atoms with van der Waals surface area (Å²) in [5.74, 6) is 0. The molecule has 0 heteroatoms. The number of hydrogen-bond donors (Lipinski definition) is 0. The number of hydrogen-bond acceptors (Lipinski definition) is 0. The molecule has 0 aliphatic heterocycles. The predicted molar refractivity (Wildman–Crippen MR) is 66.6 cm³/mol. The minimum Gasteiger partial charge on any atom is -0.0786 e. The van der Waals surface area contributed by atoms with E-state index in [0.717, 1.165) is 0 Å². The molecule has 0 amide bonds. The lowest BCUT2D eigenvalue weighted by Crippen LogP contribution is -2.10. The lowest BCUT2D eigenvalue weighted by molar-refractivity contribution is 0.428. The van der Waals surface area contributed by atoms with Crippen molar-refractivity contribution in [3.8, 4) is 0 Å². The third-order valence-corrected chi connectivity index (χ3v) is 2.96. The van der Waals surface area contributed by atoms with Crippen molar-refractivity contribution in [1.82, 2.24) is 0 Å². The zero-order chi connectivity index (χ0) is 10.7. The van der Waals surface area contributed by atoms with Crippen molar-refractivity contribution in [3.63, 3.8) is 0 Å². The second kappa shape index (κ2) is 4.06. The van der Waals surface area contributed by atoms with Crippen LogP contribution in [0.2, 0.25) is 0 Å². The fourth-order valence-electron chi connectivity index (χ4n) is 1.85. The third-order valence-electron chi connectivity index (χ3n) is 2.96. The van der Waals surface area contributed by atoms with E-state index in [0.29, 0.717) is 5.41 Å². The Labute approximate surface area is 92.3 Å². The molecule has 0 fully saturated rings. The highest BCUT2D eigenvalue weighted by Gasteiger charge is 2.17. The summed E-state index contributed by atoms with van der Waals surface area (Å²) in [7, 11) is 0. The first-order valence-corrected chi connectivity index (χ1v) is 5.61. The first-order valence-electron chi connectivity index (χ1n) is 5.61. The fraction of sp³-hybridized carbons (Fsp3) is 0.333. The summed E-state index contributed by atoms with van der Waals surface area (Å²) in [6.45, 7) is 4.59. The minimum absolute atomic E-state index is 0.383. The number of allylic oxidation sites excluding steroid dienone is 3. The Morgan fingerprint density at radius 2 is 1.87 bits per heavy atom. The second-order valence-corrected chi connectivity index (χ2v) is 4.95. The second-order valence-electron chi connectivity index (χ2n) is 4.95. The van der Waals surface area contributed by atoms with Crippen molar-refractivity contribution in [2.24, 2.45) is 5.41 Å². The molecule has 0 radical (unpaired) electrons. The lowest BCUT2D eigenvalue weighted by Gasteiger charge is -2.24. The van der Waals surface area contributed by atoms with E-state index >= 15 is 0 Å². The first-order chi connectivity index (χ1) is 7.16. The van der Waals surface area contributed by atoms with Crippen LogP contribution in [0.15, 0.2) is 48.1 Å². The van der Waals surface area contributed by atoms with Gasteiger partial charge >= 0.3 is 0 Å². The Morgan fingerprint density at radius 1 is 1.13 bits per heavy atom. The van der Waals surface area contributed by atoms with Gasteiger partial charge in [0.25, 0.3) is 0 Å². The molecule has 0 saturated carbocycles. The highest BCUT2D eigenvalue weighted by atomic mass is 14.2. The average Bonchev–Trinajstić information content (AvgIpc) is 2.23. The SMILES string of the molecule is CC1(C)C=C/C(=C/c2ccccc2)CC1. The molecule has 0 unspecified atom stereocenters. The molecule has 1 aromatic carbocycles. The van der Waals surface area contributed by atoms with Crippen molar-refractivity contribution < 1.29 is 0 Å². The quantitative estimate of drug-likeness (QED) is 0.625. The van der Waals surface area contributed by atoms with Gasteiger partial charge in [0.15, 0.2) is 0 Å². The molecule has 0 N–H and O–H groups in total. The Hall–Kier alpha value is -1.30. The van der Waals surface area contributed by atoms with Crippen LogP contribution >= 0.6 is 0 Å². The van der Waals surface area contributed by atoms with Gasteiger partial charge in [-0.25, -0.2) is 0 Å². The van der Waals surface area contributed by atoms with E-state index in [1.54, 1.807) is 0 Å². The van der Waals surface area contributed by atoms with Crippen LogP contribution in [-0.4, -0.2) is 0 Å². The van der Waals surface area contributed by atoms with Gasteiger partial charge in [0.1, 0.15) is 0 Å². The maximum absolute atomic E-state index is 2.32. The highest BCUT2D eigenvalue weighted by molar-refractivity contribution is 5.56. The molecule has 15 heavy (non-hydrogen) atoms. The summed E-state index contributed by atoms with van der Waals surface area (Å²) >= 11 is 0. The summed E-state index contributed by atoms with van der Waals surface area (Å²) in [6.07, 6.45) is 9.33. The number of benzene rings is 1. The summed E-state index contributed by atoms with van der Waals surface area (Å²) < 4.78 is 0. The van der Waals surface area contributed by atoms with E-state index in [-0.39, 0.29) is 0 Å². The maximum Gasteiger partial charge on any atom is -0.0168 e. The molecule has 1 aliphatic rings. The molecule has 78 valence electrons. The zero-order valence-electron chi connectivity index (χ0n) is 9.53. The summed E-state index contributed by atoms with van der Waals surface area (Å²) in [6, 6.07) is 10.5. The van der Waals surface area contributed by atoms with Gasteiger partial charge in [0.2, 0.25) is 0 Å². The van der Waals surface area contributed by atoms with Crippen molar-refractivity contribution in [2.45, 2.75) is 26.7 Å². The molecular formula is C15H18. The van der Waals surface area contributed by atoms with Gasteiger partial charge < -0.3 is 0 Å².